The van der Waals surface area contributed by atoms with Crippen molar-refractivity contribution in [3.05, 3.63) is 0 Å². The molecule has 0 amide bonds. The Hall–Kier alpha value is -0.610. The number of ether oxygens (including phenoxy) is 1. The number of likely N-dealkylation sites (N-methyl/N-ethyl adjacent to an activating group) is 2. The lowest BCUT2D eigenvalue weighted by Gasteiger charge is -2.33. The first-order valence-electron chi connectivity index (χ1n) is 5.43. The van der Waals surface area contributed by atoms with Crippen LogP contribution in [0.1, 0.15) is 27.7 Å². The van der Waals surface area contributed by atoms with Crippen molar-refractivity contribution in [3.63, 3.8) is 0 Å². The highest BCUT2D eigenvalue weighted by Gasteiger charge is 2.34. The summed E-state index contributed by atoms with van der Waals surface area (Å²) >= 11 is 0. The molecule has 90 valence electrons. The van der Waals surface area contributed by atoms with Crippen LogP contribution in [0.4, 0.5) is 0 Å². The van der Waals surface area contributed by atoms with Crippen LogP contribution in [0.2, 0.25) is 0 Å². The van der Waals surface area contributed by atoms with Crippen LogP contribution in [0, 0.1) is 0 Å². The molecule has 0 aliphatic heterocycles. The summed E-state index contributed by atoms with van der Waals surface area (Å²) in [5.74, 6) is -0.194. The third kappa shape index (κ3) is 4.18. The molecule has 0 aromatic rings. The normalized spacial score (nSPS) is 15.5. The van der Waals surface area contributed by atoms with E-state index < -0.39 is 5.54 Å². The molecule has 0 aliphatic rings. The van der Waals surface area contributed by atoms with E-state index in [0.29, 0.717) is 19.2 Å². The SMILES string of the molecule is CCOC(=O)C(C)(CN(C)C(C)C)NC. The van der Waals surface area contributed by atoms with E-state index in [1.165, 1.54) is 0 Å². The van der Waals surface area contributed by atoms with Gasteiger partial charge in [0, 0.05) is 12.6 Å². The van der Waals surface area contributed by atoms with Crippen molar-refractivity contribution in [2.45, 2.75) is 39.3 Å². The molecule has 1 atom stereocenters. The average Bonchev–Trinajstić information content (AvgIpc) is 2.17. The largest absolute Gasteiger partial charge is 0.465 e. The molecule has 0 spiro atoms. The summed E-state index contributed by atoms with van der Waals surface area (Å²) in [5.41, 5.74) is -0.630. The van der Waals surface area contributed by atoms with Gasteiger partial charge in [0.05, 0.1) is 6.61 Å². The fourth-order valence-corrected chi connectivity index (χ4v) is 1.22. The van der Waals surface area contributed by atoms with E-state index in [4.69, 9.17) is 4.74 Å². The number of hydrogen-bond donors (Lipinski definition) is 1. The Labute approximate surface area is 93.0 Å². The Balaban J connectivity index is 4.49. The fraction of sp³-hybridized carbons (Fsp3) is 0.909. The fourth-order valence-electron chi connectivity index (χ4n) is 1.22. The Bertz CT molecular complexity index is 207. The van der Waals surface area contributed by atoms with Crippen molar-refractivity contribution in [1.82, 2.24) is 10.2 Å². The Morgan fingerprint density at radius 1 is 1.53 bits per heavy atom. The van der Waals surface area contributed by atoms with Gasteiger partial charge in [-0.2, -0.15) is 0 Å². The maximum atomic E-state index is 11.7. The van der Waals surface area contributed by atoms with Crippen LogP contribution in [0.3, 0.4) is 0 Å². The predicted octanol–water partition coefficient (Wildman–Crippen LogP) is 0.868. The second-order valence-corrected chi connectivity index (χ2v) is 4.31. The molecule has 4 nitrogen and oxygen atoms in total. The van der Waals surface area contributed by atoms with Gasteiger partial charge in [-0.1, -0.05) is 0 Å². The van der Waals surface area contributed by atoms with E-state index in [9.17, 15) is 4.79 Å². The minimum Gasteiger partial charge on any atom is -0.465 e. The third-order valence-corrected chi connectivity index (χ3v) is 2.72. The van der Waals surface area contributed by atoms with E-state index >= 15 is 0 Å². The van der Waals surface area contributed by atoms with Gasteiger partial charge < -0.3 is 15.0 Å². The van der Waals surface area contributed by atoms with Gasteiger partial charge in [-0.05, 0) is 41.8 Å². The van der Waals surface area contributed by atoms with Crippen molar-refractivity contribution >= 4 is 5.97 Å². The lowest BCUT2D eigenvalue weighted by Crippen LogP contribution is -2.56. The standard InChI is InChI=1S/C11H24N2O2/c1-7-15-10(14)11(4,12-5)8-13(6)9(2)3/h9,12H,7-8H2,1-6H3. The number of carbonyl (C=O) groups is 1. The van der Waals surface area contributed by atoms with Crippen molar-refractivity contribution in [3.8, 4) is 0 Å². The first-order chi connectivity index (χ1) is 6.87. The van der Waals surface area contributed by atoms with Crippen LogP contribution >= 0.6 is 0 Å². The molecule has 0 aromatic carbocycles. The second kappa shape index (κ2) is 6.08. The molecule has 4 heteroatoms. The van der Waals surface area contributed by atoms with E-state index in [0.717, 1.165) is 0 Å². The van der Waals surface area contributed by atoms with Gasteiger partial charge in [-0.25, -0.2) is 0 Å². The van der Waals surface area contributed by atoms with E-state index in [1.54, 1.807) is 7.05 Å². The highest BCUT2D eigenvalue weighted by molar-refractivity contribution is 5.80. The maximum Gasteiger partial charge on any atom is 0.327 e. The van der Waals surface area contributed by atoms with Gasteiger partial charge in [0.25, 0.3) is 0 Å². The van der Waals surface area contributed by atoms with Crippen LogP contribution in [-0.4, -0.2) is 49.7 Å². The van der Waals surface area contributed by atoms with E-state index in [1.807, 2.05) is 20.9 Å². The quantitative estimate of drug-likeness (QED) is 0.669. The zero-order valence-electron chi connectivity index (χ0n) is 10.8. The highest BCUT2D eigenvalue weighted by atomic mass is 16.5. The Kier molecular flexibility index (Phi) is 5.83. The van der Waals surface area contributed by atoms with Crippen LogP contribution in [0.5, 0.6) is 0 Å². The van der Waals surface area contributed by atoms with Gasteiger partial charge in [-0.3, -0.25) is 4.79 Å². The molecule has 0 saturated carbocycles. The van der Waals surface area contributed by atoms with E-state index in [2.05, 4.69) is 24.1 Å². The molecule has 0 aromatic heterocycles. The zero-order chi connectivity index (χ0) is 12.1. The monoisotopic (exact) mass is 216 g/mol. The van der Waals surface area contributed by atoms with Crippen LogP contribution < -0.4 is 5.32 Å². The summed E-state index contributed by atoms with van der Waals surface area (Å²) in [6.07, 6.45) is 0. The summed E-state index contributed by atoms with van der Waals surface area (Å²) in [6.45, 7) is 8.94. The number of hydrogen-bond acceptors (Lipinski definition) is 4. The molecular weight excluding hydrogens is 192 g/mol. The molecule has 0 saturated heterocycles. The zero-order valence-corrected chi connectivity index (χ0v) is 10.8. The smallest absolute Gasteiger partial charge is 0.327 e. The summed E-state index contributed by atoms with van der Waals surface area (Å²) < 4.78 is 5.05. The van der Waals surface area contributed by atoms with Crippen molar-refractivity contribution in [1.29, 1.82) is 0 Å². The van der Waals surface area contributed by atoms with Crippen molar-refractivity contribution < 1.29 is 9.53 Å². The molecule has 0 aliphatic carbocycles. The van der Waals surface area contributed by atoms with Crippen molar-refractivity contribution in [2.75, 3.05) is 27.2 Å². The summed E-state index contributed by atoms with van der Waals surface area (Å²) in [6, 6.07) is 0.409. The molecule has 15 heavy (non-hydrogen) atoms. The number of esters is 1. The first-order valence-corrected chi connectivity index (χ1v) is 5.43. The maximum absolute atomic E-state index is 11.7. The van der Waals surface area contributed by atoms with Gasteiger partial charge >= 0.3 is 5.97 Å². The number of rotatable bonds is 6. The summed E-state index contributed by atoms with van der Waals surface area (Å²) in [7, 11) is 3.78. The molecule has 1 unspecified atom stereocenters. The van der Waals surface area contributed by atoms with Crippen LogP contribution in [-0.2, 0) is 9.53 Å². The average molecular weight is 216 g/mol. The number of nitrogens with one attached hydrogen (secondary N) is 1. The lowest BCUT2D eigenvalue weighted by molar-refractivity contribution is -0.151. The minimum absolute atomic E-state index is 0.194. The van der Waals surface area contributed by atoms with Gasteiger partial charge in [0.2, 0.25) is 0 Å². The van der Waals surface area contributed by atoms with Gasteiger partial charge in [0.1, 0.15) is 5.54 Å². The molecule has 0 fully saturated rings. The third-order valence-electron chi connectivity index (χ3n) is 2.72. The molecule has 0 heterocycles. The Morgan fingerprint density at radius 2 is 2.07 bits per heavy atom. The van der Waals surface area contributed by atoms with Crippen LogP contribution in [0.15, 0.2) is 0 Å². The topological polar surface area (TPSA) is 41.6 Å². The molecule has 0 radical (unpaired) electrons. The first kappa shape index (κ1) is 14.4. The van der Waals surface area contributed by atoms with Crippen molar-refractivity contribution in [2.24, 2.45) is 0 Å². The highest BCUT2D eigenvalue weighted by Crippen LogP contribution is 2.10. The van der Waals surface area contributed by atoms with E-state index in [-0.39, 0.29) is 5.97 Å². The summed E-state index contributed by atoms with van der Waals surface area (Å²) in [5, 5.41) is 3.03. The van der Waals surface area contributed by atoms with Gasteiger partial charge in [-0.15, -0.1) is 0 Å². The van der Waals surface area contributed by atoms with Gasteiger partial charge in [0.15, 0.2) is 0 Å². The second-order valence-electron chi connectivity index (χ2n) is 4.31. The lowest BCUT2D eigenvalue weighted by atomic mass is 10.0. The number of nitrogens with zero attached hydrogens (tertiary/aromatic N) is 1. The molecule has 0 rings (SSSR count). The summed E-state index contributed by atoms with van der Waals surface area (Å²) in [4.78, 5) is 13.9. The molecular formula is C11H24N2O2. The predicted molar refractivity (Wildman–Crippen MR) is 61.9 cm³/mol. The minimum atomic E-state index is -0.630. The molecule has 0 bridgehead atoms. The van der Waals surface area contributed by atoms with Crippen LogP contribution in [0.25, 0.3) is 0 Å². The molecule has 1 N–H and O–H groups in total. The number of carbonyl (C=O) groups excluding carboxylic acids is 1. The Morgan fingerprint density at radius 3 is 2.40 bits per heavy atom.